The van der Waals surface area contributed by atoms with Crippen molar-refractivity contribution in [3.05, 3.63) is 69.3 Å². The van der Waals surface area contributed by atoms with Crippen LogP contribution in [0, 0.1) is 13.8 Å². The van der Waals surface area contributed by atoms with Crippen molar-refractivity contribution in [3.63, 3.8) is 0 Å². The van der Waals surface area contributed by atoms with Gasteiger partial charge in [-0.25, -0.2) is 0 Å². The van der Waals surface area contributed by atoms with E-state index in [0.29, 0.717) is 5.56 Å². The second-order valence-corrected chi connectivity index (χ2v) is 5.82. The van der Waals surface area contributed by atoms with Crippen molar-refractivity contribution in [1.82, 2.24) is 4.98 Å². The number of aryl methyl sites for hydroxylation is 2. The van der Waals surface area contributed by atoms with Crippen molar-refractivity contribution in [1.29, 1.82) is 0 Å². The van der Waals surface area contributed by atoms with Gasteiger partial charge in [-0.1, -0.05) is 40.2 Å². The molecule has 1 N–H and O–H groups in total. The van der Waals surface area contributed by atoms with Crippen LogP contribution >= 0.6 is 15.9 Å². The number of aromatic nitrogens is 1. The number of carbonyl (C=O) groups excluding carboxylic acids is 1. The number of nitrogens with one attached hydrogen (secondary N) is 1. The summed E-state index contributed by atoms with van der Waals surface area (Å²) in [5, 5.41) is 0.945. The molecule has 3 heteroatoms. The Labute approximate surface area is 126 Å². The molecule has 3 aromatic rings. The third-order valence-electron chi connectivity index (χ3n) is 3.61. The summed E-state index contributed by atoms with van der Waals surface area (Å²) in [6.07, 6.45) is 1.80. The number of hydrogen-bond donors (Lipinski definition) is 1. The van der Waals surface area contributed by atoms with Gasteiger partial charge in [0.05, 0.1) is 0 Å². The van der Waals surface area contributed by atoms with Crippen LogP contribution in [-0.2, 0) is 0 Å². The predicted octanol–water partition coefficient (Wildman–Crippen LogP) is 4.78. The van der Waals surface area contributed by atoms with Crippen LogP contribution in [0.4, 0.5) is 0 Å². The number of aromatic amines is 1. The molecule has 0 spiro atoms. The predicted molar refractivity (Wildman–Crippen MR) is 85.3 cm³/mol. The van der Waals surface area contributed by atoms with Gasteiger partial charge in [-0.05, 0) is 37.1 Å². The van der Waals surface area contributed by atoms with E-state index in [4.69, 9.17) is 0 Å². The highest BCUT2D eigenvalue weighted by Crippen LogP contribution is 2.29. The Kier molecular flexibility index (Phi) is 3.22. The first-order valence-corrected chi connectivity index (χ1v) is 7.25. The fourth-order valence-electron chi connectivity index (χ4n) is 2.63. The molecule has 0 aliphatic heterocycles. The van der Waals surface area contributed by atoms with Crippen molar-refractivity contribution in [3.8, 4) is 0 Å². The van der Waals surface area contributed by atoms with Crippen molar-refractivity contribution >= 4 is 32.6 Å². The van der Waals surface area contributed by atoms with Gasteiger partial charge in [0.1, 0.15) is 0 Å². The van der Waals surface area contributed by atoms with Gasteiger partial charge in [0.15, 0.2) is 5.78 Å². The van der Waals surface area contributed by atoms with Crippen LogP contribution < -0.4 is 0 Å². The molecule has 0 fully saturated rings. The molecule has 0 unspecified atom stereocenters. The minimum Gasteiger partial charge on any atom is -0.360 e. The summed E-state index contributed by atoms with van der Waals surface area (Å²) in [7, 11) is 0. The molecule has 0 bridgehead atoms. The summed E-state index contributed by atoms with van der Waals surface area (Å²) >= 11 is 3.53. The van der Waals surface area contributed by atoms with E-state index in [1.807, 2.05) is 50.2 Å². The van der Waals surface area contributed by atoms with Crippen molar-refractivity contribution in [2.45, 2.75) is 13.8 Å². The summed E-state index contributed by atoms with van der Waals surface area (Å²) < 4.78 is 0.936. The number of ketones is 1. The molecule has 0 saturated heterocycles. The Morgan fingerprint density at radius 3 is 2.40 bits per heavy atom. The summed E-state index contributed by atoms with van der Waals surface area (Å²) in [4.78, 5) is 16.0. The van der Waals surface area contributed by atoms with E-state index < -0.39 is 0 Å². The van der Waals surface area contributed by atoms with Gasteiger partial charge in [0, 0.05) is 32.7 Å². The molecule has 0 atom stereocenters. The molecule has 1 aromatic heterocycles. The van der Waals surface area contributed by atoms with Gasteiger partial charge < -0.3 is 4.98 Å². The van der Waals surface area contributed by atoms with E-state index in [-0.39, 0.29) is 5.78 Å². The van der Waals surface area contributed by atoms with E-state index in [9.17, 15) is 4.79 Å². The standard InChI is InChI=1S/C17H14BrNO/c1-10-5-3-6-11(2)15(10)17(20)12-9-19-14-8-4-7-13(18)16(12)14/h3-9,19H,1-2H3. The molecule has 3 rings (SSSR count). The highest BCUT2D eigenvalue weighted by molar-refractivity contribution is 9.10. The van der Waals surface area contributed by atoms with Crippen LogP contribution in [0.3, 0.4) is 0 Å². The van der Waals surface area contributed by atoms with Crippen molar-refractivity contribution in [2.24, 2.45) is 0 Å². The van der Waals surface area contributed by atoms with Gasteiger partial charge in [-0.15, -0.1) is 0 Å². The fraction of sp³-hybridized carbons (Fsp3) is 0.118. The largest absolute Gasteiger partial charge is 0.360 e. The fourth-order valence-corrected chi connectivity index (χ4v) is 3.21. The lowest BCUT2D eigenvalue weighted by Crippen LogP contribution is -2.05. The molecule has 2 aromatic carbocycles. The minimum absolute atomic E-state index is 0.0683. The number of H-pyrrole nitrogens is 1. The number of halogens is 1. The summed E-state index contributed by atoms with van der Waals surface area (Å²) in [5.74, 6) is 0.0683. The molecule has 100 valence electrons. The third-order valence-corrected chi connectivity index (χ3v) is 4.27. The lowest BCUT2D eigenvalue weighted by molar-refractivity contribution is 0.103. The quantitative estimate of drug-likeness (QED) is 0.675. The maximum atomic E-state index is 12.9. The number of carbonyl (C=O) groups is 1. The molecule has 0 saturated carbocycles. The zero-order chi connectivity index (χ0) is 14.3. The monoisotopic (exact) mass is 327 g/mol. The summed E-state index contributed by atoms with van der Waals surface area (Å²) in [6.45, 7) is 3.95. The number of benzene rings is 2. The highest BCUT2D eigenvalue weighted by atomic mass is 79.9. The van der Waals surface area contributed by atoms with E-state index in [1.54, 1.807) is 6.20 Å². The minimum atomic E-state index is 0.0683. The van der Waals surface area contributed by atoms with E-state index in [0.717, 1.165) is 32.1 Å². The Hall–Kier alpha value is -1.87. The van der Waals surface area contributed by atoms with E-state index in [2.05, 4.69) is 20.9 Å². The SMILES string of the molecule is Cc1cccc(C)c1C(=O)c1c[nH]c2cccc(Br)c12. The lowest BCUT2D eigenvalue weighted by Gasteiger charge is -2.08. The van der Waals surface area contributed by atoms with Crippen LogP contribution in [0.2, 0.25) is 0 Å². The van der Waals surface area contributed by atoms with E-state index in [1.165, 1.54) is 0 Å². The average molecular weight is 328 g/mol. The lowest BCUT2D eigenvalue weighted by atomic mass is 9.95. The molecular weight excluding hydrogens is 314 g/mol. The van der Waals surface area contributed by atoms with Crippen molar-refractivity contribution < 1.29 is 4.79 Å². The number of rotatable bonds is 2. The van der Waals surface area contributed by atoms with E-state index >= 15 is 0 Å². The smallest absolute Gasteiger partial charge is 0.195 e. The third kappa shape index (κ3) is 1.98. The molecule has 0 aliphatic rings. The second-order valence-electron chi connectivity index (χ2n) is 4.96. The van der Waals surface area contributed by atoms with Gasteiger partial charge in [-0.2, -0.15) is 0 Å². The van der Waals surface area contributed by atoms with Gasteiger partial charge >= 0.3 is 0 Å². The molecule has 0 amide bonds. The topological polar surface area (TPSA) is 32.9 Å². The maximum absolute atomic E-state index is 12.9. The molecule has 0 radical (unpaired) electrons. The second kappa shape index (κ2) is 4.91. The van der Waals surface area contributed by atoms with Crippen molar-refractivity contribution in [2.75, 3.05) is 0 Å². The Balaban J connectivity index is 2.24. The van der Waals surface area contributed by atoms with Gasteiger partial charge in [0.25, 0.3) is 0 Å². The highest BCUT2D eigenvalue weighted by Gasteiger charge is 2.19. The Morgan fingerprint density at radius 2 is 1.70 bits per heavy atom. The van der Waals surface area contributed by atoms with Crippen LogP contribution in [0.1, 0.15) is 27.0 Å². The molecule has 0 aliphatic carbocycles. The molecule has 20 heavy (non-hydrogen) atoms. The van der Waals surface area contributed by atoms with Crippen LogP contribution in [0.25, 0.3) is 10.9 Å². The zero-order valence-electron chi connectivity index (χ0n) is 11.3. The first-order valence-electron chi connectivity index (χ1n) is 6.46. The Bertz CT molecular complexity index is 797. The number of fused-ring (bicyclic) bond motifs is 1. The molecular formula is C17H14BrNO. The zero-order valence-corrected chi connectivity index (χ0v) is 12.9. The normalized spacial score (nSPS) is 10.9. The van der Waals surface area contributed by atoms with Crippen LogP contribution in [0.5, 0.6) is 0 Å². The summed E-state index contributed by atoms with van der Waals surface area (Å²) in [6, 6.07) is 11.8. The first-order chi connectivity index (χ1) is 9.59. The average Bonchev–Trinajstić information content (AvgIpc) is 2.83. The maximum Gasteiger partial charge on any atom is 0.195 e. The summed E-state index contributed by atoms with van der Waals surface area (Å²) in [5.41, 5.74) is 4.50. The first kappa shape index (κ1) is 13.1. The van der Waals surface area contributed by atoms with Gasteiger partial charge in [0.2, 0.25) is 0 Å². The van der Waals surface area contributed by atoms with Crippen LogP contribution in [0.15, 0.2) is 47.1 Å². The molecule has 1 heterocycles. The molecule has 2 nitrogen and oxygen atoms in total. The number of hydrogen-bond acceptors (Lipinski definition) is 1. The van der Waals surface area contributed by atoms with Crippen LogP contribution in [-0.4, -0.2) is 10.8 Å². The Morgan fingerprint density at radius 1 is 1.05 bits per heavy atom. The van der Waals surface area contributed by atoms with Gasteiger partial charge in [-0.3, -0.25) is 4.79 Å².